The zero-order chi connectivity index (χ0) is 14.1. The smallest absolute Gasteiger partial charge is 0.125 e. The molecule has 1 N–H and O–H groups in total. The van der Waals surface area contributed by atoms with Crippen LogP contribution in [0.1, 0.15) is 11.1 Å². The number of benzene rings is 2. The molecule has 1 unspecified atom stereocenters. The lowest BCUT2D eigenvalue weighted by Gasteiger charge is -2.15. The first-order valence-corrected chi connectivity index (χ1v) is 7.68. The van der Waals surface area contributed by atoms with Crippen LogP contribution in [0.3, 0.4) is 0 Å². The fraction of sp³-hybridized carbons (Fsp3) is 0.0588. The van der Waals surface area contributed by atoms with E-state index >= 15 is 0 Å². The third-order valence-electron chi connectivity index (χ3n) is 3.42. The van der Waals surface area contributed by atoms with Gasteiger partial charge in [-0.3, -0.25) is 4.99 Å². The molecule has 0 amide bonds. The Labute approximate surface area is 127 Å². The lowest BCUT2D eigenvalue weighted by molar-refractivity contribution is 1.07. The molecule has 1 aromatic heterocycles. The molecule has 0 bridgehead atoms. The Hall–Kier alpha value is -2.33. The Bertz CT molecular complexity index is 793. The number of nitrogens with zero attached hydrogens (tertiary/aromatic N) is 2. The average Bonchev–Trinajstić information content (AvgIpc) is 3.05. The molecule has 0 fully saturated rings. The van der Waals surface area contributed by atoms with Crippen molar-refractivity contribution in [2.75, 3.05) is 0 Å². The van der Waals surface area contributed by atoms with Gasteiger partial charge < -0.3 is 4.98 Å². The first kappa shape index (κ1) is 12.4. The van der Waals surface area contributed by atoms with Crippen molar-refractivity contribution in [2.45, 2.75) is 10.1 Å². The molecular weight excluding hydrogens is 278 g/mol. The number of rotatable bonds is 2. The third kappa shape index (κ3) is 2.38. The van der Waals surface area contributed by atoms with Gasteiger partial charge in [-0.2, -0.15) is 0 Å². The van der Waals surface area contributed by atoms with E-state index in [0.29, 0.717) is 0 Å². The summed E-state index contributed by atoms with van der Waals surface area (Å²) in [6.45, 7) is 0. The van der Waals surface area contributed by atoms with Gasteiger partial charge in [0, 0.05) is 11.1 Å². The molecule has 2 heterocycles. The predicted octanol–water partition coefficient (Wildman–Crippen LogP) is 4.63. The summed E-state index contributed by atoms with van der Waals surface area (Å²) in [6, 6.07) is 18.4. The van der Waals surface area contributed by atoms with E-state index in [1.165, 1.54) is 4.90 Å². The van der Waals surface area contributed by atoms with E-state index < -0.39 is 0 Å². The van der Waals surface area contributed by atoms with E-state index in [0.717, 1.165) is 22.8 Å². The predicted molar refractivity (Wildman–Crippen MR) is 87.2 cm³/mol. The first-order chi connectivity index (χ1) is 10.4. The minimum absolute atomic E-state index is 0.136. The molecule has 4 rings (SSSR count). The molecule has 0 radical (unpaired) electrons. The van der Waals surface area contributed by atoms with Crippen molar-refractivity contribution in [2.24, 2.45) is 4.99 Å². The van der Waals surface area contributed by atoms with Crippen LogP contribution in [-0.4, -0.2) is 16.2 Å². The number of hydrogen-bond acceptors (Lipinski definition) is 3. The average molecular weight is 291 g/mol. The van der Waals surface area contributed by atoms with Crippen LogP contribution < -0.4 is 0 Å². The van der Waals surface area contributed by atoms with Crippen molar-refractivity contribution in [1.82, 2.24) is 9.97 Å². The van der Waals surface area contributed by atoms with Crippen molar-refractivity contribution in [3.63, 3.8) is 0 Å². The summed E-state index contributed by atoms with van der Waals surface area (Å²) < 4.78 is 0. The van der Waals surface area contributed by atoms with Gasteiger partial charge in [-0.15, -0.1) is 11.8 Å². The van der Waals surface area contributed by atoms with Gasteiger partial charge in [0.25, 0.3) is 0 Å². The van der Waals surface area contributed by atoms with E-state index in [9.17, 15) is 0 Å². The molecule has 2 aromatic carbocycles. The van der Waals surface area contributed by atoms with Crippen molar-refractivity contribution in [3.05, 3.63) is 66.6 Å². The Kier molecular flexibility index (Phi) is 3.09. The molecule has 0 saturated heterocycles. The summed E-state index contributed by atoms with van der Waals surface area (Å²) >= 11 is 1.78. The molecular formula is C17H13N3S. The number of nitrogens with one attached hydrogen (secondary N) is 1. The fourth-order valence-corrected chi connectivity index (χ4v) is 3.38. The Morgan fingerprint density at radius 1 is 0.952 bits per heavy atom. The Morgan fingerprint density at radius 2 is 1.76 bits per heavy atom. The number of aromatic nitrogens is 2. The first-order valence-electron chi connectivity index (χ1n) is 6.80. The number of aliphatic imine (C=N–C) groups is 1. The van der Waals surface area contributed by atoms with Gasteiger partial charge >= 0.3 is 0 Å². The monoisotopic (exact) mass is 291 g/mol. The van der Waals surface area contributed by atoms with Gasteiger partial charge in [0.1, 0.15) is 11.1 Å². The maximum atomic E-state index is 4.53. The summed E-state index contributed by atoms with van der Waals surface area (Å²) in [5, 5.41) is 0.136. The maximum Gasteiger partial charge on any atom is 0.125 e. The summed E-state index contributed by atoms with van der Waals surface area (Å²) in [5.41, 5.74) is 3.22. The topological polar surface area (TPSA) is 41.0 Å². The molecule has 3 aromatic rings. The number of fused-ring (bicyclic) bond motifs is 1. The normalized spacial score (nSPS) is 16.7. The molecule has 3 nitrogen and oxygen atoms in total. The highest BCUT2D eigenvalue weighted by Crippen LogP contribution is 2.42. The second-order valence-electron chi connectivity index (χ2n) is 4.83. The van der Waals surface area contributed by atoms with Crippen molar-refractivity contribution in [3.8, 4) is 11.3 Å². The van der Waals surface area contributed by atoms with Crippen LogP contribution in [0.15, 0.2) is 70.7 Å². The summed E-state index contributed by atoms with van der Waals surface area (Å²) in [4.78, 5) is 13.7. The second kappa shape index (κ2) is 5.22. The molecule has 1 aliphatic rings. The quantitative estimate of drug-likeness (QED) is 0.748. The van der Waals surface area contributed by atoms with E-state index in [-0.39, 0.29) is 5.25 Å². The molecule has 1 aliphatic heterocycles. The van der Waals surface area contributed by atoms with E-state index in [1.807, 2.05) is 48.8 Å². The van der Waals surface area contributed by atoms with E-state index in [2.05, 4.69) is 33.2 Å². The molecule has 0 saturated carbocycles. The lowest BCUT2D eigenvalue weighted by Crippen LogP contribution is -2.01. The molecule has 21 heavy (non-hydrogen) atoms. The number of para-hydroxylation sites is 1. The molecule has 0 aliphatic carbocycles. The fourth-order valence-electron chi connectivity index (χ4n) is 2.35. The Morgan fingerprint density at radius 3 is 2.67 bits per heavy atom. The summed E-state index contributed by atoms with van der Waals surface area (Å²) in [6.07, 6.45) is 3.85. The van der Waals surface area contributed by atoms with Crippen LogP contribution >= 0.6 is 11.8 Å². The van der Waals surface area contributed by atoms with E-state index in [4.69, 9.17) is 0 Å². The maximum absolute atomic E-state index is 4.53. The van der Waals surface area contributed by atoms with Crippen LogP contribution in [0.25, 0.3) is 11.3 Å². The number of hydrogen-bond donors (Lipinski definition) is 1. The lowest BCUT2D eigenvalue weighted by atomic mass is 10.2. The van der Waals surface area contributed by atoms with Crippen LogP contribution in [0.4, 0.5) is 5.69 Å². The van der Waals surface area contributed by atoms with Crippen molar-refractivity contribution < 1.29 is 0 Å². The number of H-pyrrole nitrogens is 1. The van der Waals surface area contributed by atoms with Gasteiger partial charge in [0.2, 0.25) is 0 Å². The highest BCUT2D eigenvalue weighted by Gasteiger charge is 2.20. The Balaban J connectivity index is 1.63. The van der Waals surface area contributed by atoms with Crippen molar-refractivity contribution in [1.29, 1.82) is 0 Å². The molecule has 4 heteroatoms. The number of thioether (sulfide) groups is 1. The van der Waals surface area contributed by atoms with E-state index in [1.54, 1.807) is 11.8 Å². The standard InChI is InChI=1S/C17H13N3S/c1-2-6-12(7-3-1)14-10-19-17(20-14)16-11-18-13-8-4-5-9-15(13)21-16/h1-11,16H,(H,19,20). The van der Waals surface area contributed by atoms with Gasteiger partial charge in [0.15, 0.2) is 0 Å². The number of imidazole rings is 1. The van der Waals surface area contributed by atoms with Crippen LogP contribution in [-0.2, 0) is 0 Å². The van der Waals surface area contributed by atoms with Crippen molar-refractivity contribution >= 4 is 23.7 Å². The molecule has 0 spiro atoms. The zero-order valence-corrected chi connectivity index (χ0v) is 12.0. The minimum Gasteiger partial charge on any atom is -0.341 e. The van der Waals surface area contributed by atoms with Gasteiger partial charge in [-0.1, -0.05) is 42.5 Å². The van der Waals surface area contributed by atoms with Crippen LogP contribution in [0.5, 0.6) is 0 Å². The van der Waals surface area contributed by atoms with Gasteiger partial charge in [0.05, 0.1) is 17.6 Å². The third-order valence-corrected chi connectivity index (χ3v) is 4.62. The van der Waals surface area contributed by atoms with Crippen LogP contribution in [0.2, 0.25) is 0 Å². The summed E-state index contributed by atoms with van der Waals surface area (Å²) in [5.74, 6) is 0.942. The SMILES string of the molecule is C1=Nc2ccccc2SC1c1ncc(-c2ccccc2)[nH]1. The molecule has 1 atom stereocenters. The van der Waals surface area contributed by atoms with Gasteiger partial charge in [-0.25, -0.2) is 4.98 Å². The zero-order valence-electron chi connectivity index (χ0n) is 11.2. The summed E-state index contributed by atoms with van der Waals surface area (Å²) in [7, 11) is 0. The highest BCUT2D eigenvalue weighted by atomic mass is 32.2. The molecule has 102 valence electrons. The minimum atomic E-state index is 0.136. The second-order valence-corrected chi connectivity index (χ2v) is 6.02. The largest absolute Gasteiger partial charge is 0.341 e. The van der Waals surface area contributed by atoms with Gasteiger partial charge in [-0.05, 0) is 17.7 Å². The number of aromatic amines is 1. The van der Waals surface area contributed by atoms with Crippen LogP contribution in [0, 0.1) is 0 Å². The highest BCUT2D eigenvalue weighted by molar-refractivity contribution is 8.00.